The van der Waals surface area contributed by atoms with Crippen molar-refractivity contribution in [2.45, 2.75) is 52.9 Å². The Morgan fingerprint density at radius 1 is 1.20 bits per heavy atom. The molecule has 0 spiro atoms. The van der Waals surface area contributed by atoms with Gasteiger partial charge in [0.1, 0.15) is 5.75 Å². The van der Waals surface area contributed by atoms with Gasteiger partial charge < -0.3 is 10.1 Å². The number of rotatable bonds is 3. The van der Waals surface area contributed by atoms with Crippen LogP contribution in [0.25, 0.3) is 0 Å². The second-order valence-corrected chi connectivity index (χ2v) is 7.79. The summed E-state index contributed by atoms with van der Waals surface area (Å²) in [5, 5.41) is 3.42. The van der Waals surface area contributed by atoms with Crippen LogP contribution in [0.3, 0.4) is 0 Å². The van der Waals surface area contributed by atoms with Gasteiger partial charge in [-0.25, -0.2) is 0 Å². The van der Waals surface area contributed by atoms with Crippen LogP contribution in [0.5, 0.6) is 5.75 Å². The number of hydrogen-bond donors (Lipinski definition) is 1. The number of hydrogen-bond acceptors (Lipinski definition) is 2. The van der Waals surface area contributed by atoms with Gasteiger partial charge in [0, 0.05) is 23.7 Å². The van der Waals surface area contributed by atoms with Crippen LogP contribution in [0.15, 0.2) is 18.2 Å². The minimum atomic E-state index is 0.328. The summed E-state index contributed by atoms with van der Waals surface area (Å²) < 4.78 is 6.13. The smallest absolute Gasteiger partial charge is 0.121 e. The summed E-state index contributed by atoms with van der Waals surface area (Å²) >= 11 is 0. The SMILES string of the molecule is CC1(C)CCCC(C)(COc2ccc3c(c2)NCC3)C1. The van der Waals surface area contributed by atoms with E-state index in [2.05, 4.69) is 44.3 Å². The van der Waals surface area contributed by atoms with E-state index in [1.165, 1.54) is 36.9 Å². The van der Waals surface area contributed by atoms with E-state index in [9.17, 15) is 0 Å². The molecule has 3 rings (SSSR count). The first-order chi connectivity index (χ1) is 9.46. The third-order valence-corrected chi connectivity index (χ3v) is 4.92. The first-order valence-electron chi connectivity index (χ1n) is 7.96. The van der Waals surface area contributed by atoms with Gasteiger partial charge in [0.05, 0.1) is 6.61 Å². The number of anilines is 1. The molecule has 20 heavy (non-hydrogen) atoms. The molecule has 1 aromatic rings. The molecular formula is C18H27NO. The van der Waals surface area contributed by atoms with Crippen LogP contribution in [-0.2, 0) is 6.42 Å². The monoisotopic (exact) mass is 273 g/mol. The molecule has 2 heteroatoms. The number of ether oxygens (including phenoxy) is 1. The maximum absolute atomic E-state index is 6.13. The van der Waals surface area contributed by atoms with Crippen molar-refractivity contribution in [1.82, 2.24) is 0 Å². The molecule has 1 aliphatic heterocycles. The van der Waals surface area contributed by atoms with Crippen LogP contribution >= 0.6 is 0 Å². The zero-order chi connectivity index (χ0) is 14.2. The molecule has 1 aliphatic carbocycles. The summed E-state index contributed by atoms with van der Waals surface area (Å²) in [4.78, 5) is 0. The van der Waals surface area contributed by atoms with Crippen molar-refractivity contribution in [2.75, 3.05) is 18.5 Å². The number of benzene rings is 1. The highest BCUT2D eigenvalue weighted by Gasteiger charge is 2.37. The Bertz CT molecular complexity index is 494. The van der Waals surface area contributed by atoms with Crippen LogP contribution in [-0.4, -0.2) is 13.2 Å². The Labute approximate surface area is 122 Å². The van der Waals surface area contributed by atoms with Crippen LogP contribution in [0, 0.1) is 10.8 Å². The van der Waals surface area contributed by atoms with E-state index in [0.29, 0.717) is 10.8 Å². The van der Waals surface area contributed by atoms with E-state index in [1.54, 1.807) is 0 Å². The van der Waals surface area contributed by atoms with Crippen LogP contribution < -0.4 is 10.1 Å². The Kier molecular flexibility index (Phi) is 3.43. The lowest BCUT2D eigenvalue weighted by Crippen LogP contribution is -2.35. The van der Waals surface area contributed by atoms with Gasteiger partial charge in [0.2, 0.25) is 0 Å². The largest absolute Gasteiger partial charge is 0.493 e. The molecular weight excluding hydrogens is 246 g/mol. The van der Waals surface area contributed by atoms with Crippen molar-refractivity contribution in [3.8, 4) is 5.75 Å². The third-order valence-electron chi connectivity index (χ3n) is 4.92. The fraction of sp³-hybridized carbons (Fsp3) is 0.667. The first kappa shape index (κ1) is 13.8. The van der Waals surface area contributed by atoms with Crippen LogP contribution in [0.2, 0.25) is 0 Å². The maximum atomic E-state index is 6.13. The highest BCUT2D eigenvalue weighted by atomic mass is 16.5. The molecule has 1 saturated carbocycles. The van der Waals surface area contributed by atoms with E-state index >= 15 is 0 Å². The summed E-state index contributed by atoms with van der Waals surface area (Å²) in [6.45, 7) is 9.08. The topological polar surface area (TPSA) is 21.3 Å². The first-order valence-corrected chi connectivity index (χ1v) is 7.96. The van der Waals surface area contributed by atoms with Gasteiger partial charge in [0.25, 0.3) is 0 Å². The van der Waals surface area contributed by atoms with Gasteiger partial charge in [-0.2, -0.15) is 0 Å². The van der Waals surface area contributed by atoms with Crippen molar-refractivity contribution in [1.29, 1.82) is 0 Å². The maximum Gasteiger partial charge on any atom is 0.121 e. The van der Waals surface area contributed by atoms with Crippen molar-refractivity contribution in [3.05, 3.63) is 23.8 Å². The lowest BCUT2D eigenvalue weighted by molar-refractivity contribution is 0.0505. The lowest BCUT2D eigenvalue weighted by atomic mass is 9.65. The molecule has 1 atom stereocenters. The van der Waals surface area contributed by atoms with Crippen molar-refractivity contribution < 1.29 is 4.74 Å². The number of nitrogens with one attached hydrogen (secondary N) is 1. The lowest BCUT2D eigenvalue weighted by Gasteiger charge is -2.42. The van der Waals surface area contributed by atoms with E-state index < -0.39 is 0 Å². The van der Waals surface area contributed by atoms with Crippen LogP contribution in [0.4, 0.5) is 5.69 Å². The fourth-order valence-corrected chi connectivity index (χ4v) is 4.07. The second kappa shape index (κ2) is 4.98. The van der Waals surface area contributed by atoms with Crippen molar-refractivity contribution >= 4 is 5.69 Å². The minimum Gasteiger partial charge on any atom is -0.493 e. The molecule has 1 unspecified atom stereocenters. The molecule has 0 amide bonds. The summed E-state index contributed by atoms with van der Waals surface area (Å²) in [5.41, 5.74) is 3.48. The summed E-state index contributed by atoms with van der Waals surface area (Å²) in [6.07, 6.45) is 6.38. The number of fused-ring (bicyclic) bond motifs is 1. The predicted octanol–water partition coefficient (Wildman–Crippen LogP) is 4.64. The molecule has 1 aromatic carbocycles. The van der Waals surface area contributed by atoms with Gasteiger partial charge >= 0.3 is 0 Å². The molecule has 1 N–H and O–H groups in total. The molecule has 0 aromatic heterocycles. The van der Waals surface area contributed by atoms with Gasteiger partial charge in [-0.1, -0.05) is 33.3 Å². The van der Waals surface area contributed by atoms with E-state index in [0.717, 1.165) is 25.3 Å². The molecule has 1 heterocycles. The van der Waals surface area contributed by atoms with E-state index in [1.807, 2.05) is 0 Å². The molecule has 110 valence electrons. The van der Waals surface area contributed by atoms with Gasteiger partial charge in [-0.3, -0.25) is 0 Å². The van der Waals surface area contributed by atoms with E-state index in [-0.39, 0.29) is 0 Å². The van der Waals surface area contributed by atoms with Gasteiger partial charge in [0.15, 0.2) is 0 Å². The Hall–Kier alpha value is -1.18. The Balaban J connectivity index is 1.64. The molecule has 2 nitrogen and oxygen atoms in total. The Morgan fingerprint density at radius 2 is 2.05 bits per heavy atom. The Morgan fingerprint density at radius 3 is 2.85 bits per heavy atom. The normalized spacial score (nSPS) is 27.8. The molecule has 0 radical (unpaired) electrons. The predicted molar refractivity (Wildman–Crippen MR) is 84.5 cm³/mol. The van der Waals surface area contributed by atoms with Crippen molar-refractivity contribution in [3.63, 3.8) is 0 Å². The standard InChI is InChI=1S/C18H27NO/c1-17(2)8-4-9-18(3,12-17)13-20-15-6-5-14-7-10-19-16(14)11-15/h5-6,11,19H,4,7-10,12-13H2,1-3H3. The molecule has 1 fully saturated rings. The van der Waals surface area contributed by atoms with Crippen molar-refractivity contribution in [2.24, 2.45) is 10.8 Å². The molecule has 0 bridgehead atoms. The fourth-order valence-electron chi connectivity index (χ4n) is 4.07. The zero-order valence-electron chi connectivity index (χ0n) is 13.1. The average Bonchev–Trinajstić information content (AvgIpc) is 2.82. The van der Waals surface area contributed by atoms with E-state index in [4.69, 9.17) is 4.74 Å². The second-order valence-electron chi connectivity index (χ2n) is 7.79. The molecule has 2 aliphatic rings. The highest BCUT2D eigenvalue weighted by molar-refractivity contribution is 5.58. The van der Waals surface area contributed by atoms with Crippen LogP contribution in [0.1, 0.15) is 52.0 Å². The summed E-state index contributed by atoms with van der Waals surface area (Å²) in [5.74, 6) is 1.02. The zero-order valence-corrected chi connectivity index (χ0v) is 13.1. The summed E-state index contributed by atoms with van der Waals surface area (Å²) in [7, 11) is 0. The average molecular weight is 273 g/mol. The van der Waals surface area contributed by atoms with Gasteiger partial charge in [-0.15, -0.1) is 0 Å². The minimum absolute atomic E-state index is 0.328. The highest BCUT2D eigenvalue weighted by Crippen LogP contribution is 2.46. The third kappa shape index (κ3) is 2.94. The quantitative estimate of drug-likeness (QED) is 0.866. The van der Waals surface area contributed by atoms with Gasteiger partial charge in [-0.05, 0) is 42.7 Å². The summed E-state index contributed by atoms with van der Waals surface area (Å²) in [6, 6.07) is 6.50. The molecule has 0 saturated heterocycles.